The van der Waals surface area contributed by atoms with Crippen LogP contribution in [0.1, 0.15) is 57.1 Å². The Morgan fingerprint density at radius 1 is 1.32 bits per heavy atom. The third-order valence-electron chi connectivity index (χ3n) is 3.51. The summed E-state index contributed by atoms with van der Waals surface area (Å²) in [4.78, 5) is 25.2. The van der Waals surface area contributed by atoms with Crippen molar-refractivity contribution in [3.63, 3.8) is 0 Å². The van der Waals surface area contributed by atoms with E-state index in [1.807, 2.05) is 31.6 Å². The van der Waals surface area contributed by atoms with E-state index in [1.165, 1.54) is 6.92 Å². The average Bonchev–Trinajstić information content (AvgIpc) is 2.79. The monoisotopic (exact) mass is 371 g/mol. The van der Waals surface area contributed by atoms with E-state index in [4.69, 9.17) is 4.74 Å². The summed E-state index contributed by atoms with van der Waals surface area (Å²) in [6, 6.07) is 0.197. The first-order valence-corrected chi connectivity index (χ1v) is 8.20. The zero-order chi connectivity index (χ0) is 16.5. The molecule has 0 aliphatic carbocycles. The number of likely N-dealkylation sites (tertiary alicyclic amines) is 1. The molecule has 0 radical (unpaired) electrons. The van der Waals surface area contributed by atoms with Crippen LogP contribution in [0, 0.1) is 0 Å². The maximum atomic E-state index is 12.0. The summed E-state index contributed by atoms with van der Waals surface area (Å²) in [5.41, 5.74) is -0.0217. The van der Waals surface area contributed by atoms with Crippen LogP contribution < -0.4 is 0 Å². The van der Waals surface area contributed by atoms with Crippen LogP contribution in [0.5, 0.6) is 0 Å². The number of aromatic nitrogens is 2. The molecule has 6 nitrogen and oxygen atoms in total. The van der Waals surface area contributed by atoms with Crippen LogP contribution in [0.2, 0.25) is 0 Å². The number of carbonyl (C=O) groups excluding carboxylic acids is 2. The number of hydrogen-bond donors (Lipinski definition) is 0. The number of carbonyl (C=O) groups is 2. The van der Waals surface area contributed by atoms with Crippen LogP contribution in [0.4, 0.5) is 4.79 Å². The molecule has 1 saturated heterocycles. The van der Waals surface area contributed by atoms with Crippen molar-refractivity contribution >= 4 is 27.8 Å². The quantitative estimate of drug-likeness (QED) is 0.747. The molecule has 0 unspecified atom stereocenters. The Balaban J connectivity index is 1.96. The topological polar surface area (TPSA) is 64.4 Å². The highest BCUT2D eigenvalue weighted by atomic mass is 79.9. The SMILES string of the molecule is CC(=O)c1nn(C2CCN(C(=O)OC(C)(C)C)CC2)cc1Br. The molecule has 0 N–H and O–H groups in total. The van der Waals surface area contributed by atoms with Crippen molar-refractivity contribution in [2.24, 2.45) is 0 Å². The summed E-state index contributed by atoms with van der Waals surface area (Å²) >= 11 is 3.36. The molecule has 7 heteroatoms. The molecule has 122 valence electrons. The normalized spacial score (nSPS) is 16.7. The van der Waals surface area contributed by atoms with E-state index < -0.39 is 5.60 Å². The van der Waals surface area contributed by atoms with Gasteiger partial charge in [-0.25, -0.2) is 4.79 Å². The van der Waals surface area contributed by atoms with Crippen LogP contribution >= 0.6 is 15.9 Å². The van der Waals surface area contributed by atoms with Crippen molar-refractivity contribution in [2.45, 2.75) is 52.2 Å². The van der Waals surface area contributed by atoms with E-state index in [-0.39, 0.29) is 17.9 Å². The molecule has 0 bridgehead atoms. The van der Waals surface area contributed by atoms with Crippen molar-refractivity contribution < 1.29 is 14.3 Å². The van der Waals surface area contributed by atoms with Gasteiger partial charge in [-0.3, -0.25) is 9.48 Å². The summed E-state index contributed by atoms with van der Waals surface area (Å²) in [6.07, 6.45) is 3.16. The van der Waals surface area contributed by atoms with E-state index in [1.54, 1.807) is 4.90 Å². The van der Waals surface area contributed by atoms with Crippen LogP contribution in [-0.2, 0) is 4.74 Å². The second-order valence-electron chi connectivity index (χ2n) is 6.56. The third kappa shape index (κ3) is 4.09. The van der Waals surface area contributed by atoms with Crippen molar-refractivity contribution in [1.82, 2.24) is 14.7 Å². The molecular weight excluding hydrogens is 350 g/mol. The summed E-state index contributed by atoms with van der Waals surface area (Å²) in [5, 5.41) is 4.35. The largest absolute Gasteiger partial charge is 0.444 e. The van der Waals surface area contributed by atoms with Gasteiger partial charge in [0.2, 0.25) is 0 Å². The molecule has 0 spiro atoms. The highest BCUT2D eigenvalue weighted by molar-refractivity contribution is 9.10. The molecule has 1 fully saturated rings. The molecular formula is C15H22BrN3O3. The standard InChI is InChI=1S/C15H22BrN3O3/c1-10(20)13-12(16)9-19(17-13)11-5-7-18(8-6-11)14(21)22-15(2,3)4/h9,11H,5-8H2,1-4H3. The molecule has 1 aromatic heterocycles. The van der Waals surface area contributed by atoms with Gasteiger partial charge >= 0.3 is 6.09 Å². The van der Waals surface area contributed by atoms with Gasteiger partial charge in [0.1, 0.15) is 11.3 Å². The first-order chi connectivity index (χ1) is 10.2. The van der Waals surface area contributed by atoms with Crippen LogP contribution in [0.25, 0.3) is 0 Å². The molecule has 0 atom stereocenters. The van der Waals surface area contributed by atoms with Gasteiger partial charge in [0.05, 0.1) is 10.5 Å². The number of hydrogen-bond acceptors (Lipinski definition) is 4. The highest BCUT2D eigenvalue weighted by Crippen LogP contribution is 2.26. The Bertz CT molecular complexity index is 569. The third-order valence-corrected chi connectivity index (χ3v) is 4.09. The van der Waals surface area contributed by atoms with Gasteiger partial charge in [-0.1, -0.05) is 0 Å². The van der Waals surface area contributed by atoms with E-state index in [2.05, 4.69) is 21.0 Å². The highest BCUT2D eigenvalue weighted by Gasteiger charge is 2.28. The molecule has 0 saturated carbocycles. The van der Waals surface area contributed by atoms with Crippen LogP contribution in [-0.4, -0.2) is 45.2 Å². The fourth-order valence-electron chi connectivity index (χ4n) is 2.43. The van der Waals surface area contributed by atoms with E-state index in [0.29, 0.717) is 18.8 Å². The van der Waals surface area contributed by atoms with Crippen molar-refractivity contribution in [2.75, 3.05) is 13.1 Å². The van der Waals surface area contributed by atoms with Crippen molar-refractivity contribution in [3.8, 4) is 0 Å². The number of halogens is 1. The van der Waals surface area contributed by atoms with Gasteiger partial charge in [-0.2, -0.15) is 5.10 Å². The number of rotatable bonds is 2. The minimum Gasteiger partial charge on any atom is -0.444 e. The van der Waals surface area contributed by atoms with Crippen molar-refractivity contribution in [1.29, 1.82) is 0 Å². The molecule has 2 rings (SSSR count). The minimum absolute atomic E-state index is 0.0585. The maximum Gasteiger partial charge on any atom is 0.410 e. The van der Waals surface area contributed by atoms with Crippen LogP contribution in [0.3, 0.4) is 0 Å². The summed E-state index contributed by atoms with van der Waals surface area (Å²) in [7, 11) is 0. The molecule has 0 aromatic carbocycles. The zero-order valence-corrected chi connectivity index (χ0v) is 15.0. The minimum atomic E-state index is -0.475. The summed E-state index contributed by atoms with van der Waals surface area (Å²) in [6.45, 7) is 8.36. The van der Waals surface area contributed by atoms with Gasteiger partial charge in [-0.05, 0) is 49.5 Å². The first kappa shape index (κ1) is 17.0. The number of ether oxygens (including phenoxy) is 1. The zero-order valence-electron chi connectivity index (χ0n) is 13.4. The van der Waals surface area contributed by atoms with Gasteiger partial charge in [-0.15, -0.1) is 0 Å². The van der Waals surface area contributed by atoms with E-state index >= 15 is 0 Å². The molecule has 1 aromatic rings. The van der Waals surface area contributed by atoms with Crippen molar-refractivity contribution in [3.05, 3.63) is 16.4 Å². The molecule has 1 aliphatic heterocycles. The Labute approximate surface area is 138 Å². The lowest BCUT2D eigenvalue weighted by Gasteiger charge is -2.33. The average molecular weight is 372 g/mol. The fraction of sp³-hybridized carbons (Fsp3) is 0.667. The summed E-state index contributed by atoms with van der Waals surface area (Å²) in [5.74, 6) is -0.0585. The lowest BCUT2D eigenvalue weighted by atomic mass is 10.1. The molecule has 22 heavy (non-hydrogen) atoms. The Hall–Kier alpha value is -1.37. The second-order valence-corrected chi connectivity index (χ2v) is 7.41. The molecule has 2 heterocycles. The Morgan fingerprint density at radius 3 is 2.36 bits per heavy atom. The number of amides is 1. The number of piperidine rings is 1. The first-order valence-electron chi connectivity index (χ1n) is 7.41. The molecule has 1 amide bonds. The van der Waals surface area contributed by atoms with Gasteiger partial charge in [0, 0.05) is 26.2 Å². The van der Waals surface area contributed by atoms with Gasteiger partial charge in [0.25, 0.3) is 0 Å². The van der Waals surface area contributed by atoms with Gasteiger partial charge in [0.15, 0.2) is 5.78 Å². The Morgan fingerprint density at radius 2 is 1.91 bits per heavy atom. The van der Waals surface area contributed by atoms with E-state index in [9.17, 15) is 9.59 Å². The molecule has 1 aliphatic rings. The van der Waals surface area contributed by atoms with E-state index in [0.717, 1.165) is 17.3 Å². The summed E-state index contributed by atoms with van der Waals surface area (Å²) < 4.78 is 7.93. The lowest BCUT2D eigenvalue weighted by Crippen LogP contribution is -2.42. The predicted molar refractivity (Wildman–Crippen MR) is 86.0 cm³/mol. The number of Topliss-reactive ketones (excluding diaryl/α,β-unsaturated/α-hetero) is 1. The number of ketones is 1. The van der Waals surface area contributed by atoms with Crippen LogP contribution in [0.15, 0.2) is 10.7 Å². The maximum absolute atomic E-state index is 12.0. The van der Waals surface area contributed by atoms with Gasteiger partial charge < -0.3 is 9.64 Å². The predicted octanol–water partition coefficient (Wildman–Crippen LogP) is 3.42. The second kappa shape index (κ2) is 6.40. The smallest absolute Gasteiger partial charge is 0.410 e. The Kier molecular flexibility index (Phi) is 4.94. The fourth-order valence-corrected chi connectivity index (χ4v) is 3.00. The number of nitrogens with zero attached hydrogens (tertiary/aromatic N) is 3. The lowest BCUT2D eigenvalue weighted by molar-refractivity contribution is 0.0185.